The van der Waals surface area contributed by atoms with Crippen molar-refractivity contribution < 1.29 is 0 Å². The minimum absolute atomic E-state index is 0.413. The first-order valence-electron chi connectivity index (χ1n) is 2.97. The molecule has 1 fully saturated rings. The van der Waals surface area contributed by atoms with Crippen LogP contribution in [0.3, 0.4) is 0 Å². The summed E-state index contributed by atoms with van der Waals surface area (Å²) in [5.41, 5.74) is 1.15. The maximum Gasteiger partial charge on any atom is 0.0736 e. The van der Waals surface area contributed by atoms with E-state index in [-0.39, 0.29) is 0 Å². The minimum Gasteiger partial charge on any atom is -0.374 e. The molecule has 1 atom stereocenters. The van der Waals surface area contributed by atoms with Crippen molar-refractivity contribution in [3.05, 3.63) is 12.3 Å². The topological polar surface area (TPSA) is 24.1 Å². The Morgan fingerprint density at radius 1 is 1.75 bits per heavy atom. The molecule has 1 unspecified atom stereocenters. The van der Waals surface area contributed by atoms with Gasteiger partial charge in [-0.2, -0.15) is 0 Å². The van der Waals surface area contributed by atoms with Crippen LogP contribution in [0.5, 0.6) is 0 Å². The van der Waals surface area contributed by atoms with Gasteiger partial charge in [0.05, 0.1) is 6.17 Å². The number of rotatable bonds is 0. The fourth-order valence-corrected chi connectivity index (χ4v) is 0.869. The molecule has 1 heterocycles. The summed E-state index contributed by atoms with van der Waals surface area (Å²) in [5, 5.41) is 6.41. The molecule has 1 aliphatic rings. The van der Waals surface area contributed by atoms with Crippen molar-refractivity contribution >= 4 is 0 Å². The highest BCUT2D eigenvalue weighted by molar-refractivity contribution is 4.96. The van der Waals surface area contributed by atoms with Gasteiger partial charge < -0.3 is 5.32 Å². The van der Waals surface area contributed by atoms with Crippen LogP contribution in [0.4, 0.5) is 0 Å². The van der Waals surface area contributed by atoms with Gasteiger partial charge in [0.15, 0.2) is 0 Å². The van der Waals surface area contributed by atoms with E-state index in [9.17, 15) is 0 Å². The van der Waals surface area contributed by atoms with Crippen LogP contribution in [-0.2, 0) is 0 Å². The minimum atomic E-state index is 0.413. The molecule has 0 amide bonds. The Kier molecular flexibility index (Phi) is 1.53. The predicted molar refractivity (Wildman–Crippen MR) is 34.4 cm³/mol. The molecule has 2 heteroatoms. The third kappa shape index (κ3) is 1.23. The van der Waals surface area contributed by atoms with E-state index in [1.807, 2.05) is 0 Å². The Hall–Kier alpha value is -0.500. The molecular weight excluding hydrogens is 100 g/mol. The normalized spacial score (nSPS) is 29.6. The molecule has 0 radical (unpaired) electrons. The van der Waals surface area contributed by atoms with E-state index in [4.69, 9.17) is 0 Å². The van der Waals surface area contributed by atoms with Crippen molar-refractivity contribution in [2.75, 3.05) is 6.54 Å². The molecule has 1 saturated heterocycles. The average molecular weight is 112 g/mol. The third-order valence-corrected chi connectivity index (χ3v) is 1.30. The summed E-state index contributed by atoms with van der Waals surface area (Å²) in [6, 6.07) is 0. The number of hydrogen-bond acceptors (Lipinski definition) is 2. The number of nitrogens with one attached hydrogen (secondary N) is 2. The quantitative estimate of drug-likeness (QED) is 0.475. The molecule has 46 valence electrons. The maximum atomic E-state index is 3.81. The first-order chi connectivity index (χ1) is 3.79. The Morgan fingerprint density at radius 3 is 2.88 bits per heavy atom. The van der Waals surface area contributed by atoms with Gasteiger partial charge in [-0.25, -0.2) is 0 Å². The van der Waals surface area contributed by atoms with Crippen LogP contribution in [0, 0.1) is 0 Å². The molecule has 0 aromatic rings. The lowest BCUT2D eigenvalue weighted by Crippen LogP contribution is -2.44. The Bertz CT molecular complexity index is 98.7. The smallest absolute Gasteiger partial charge is 0.0736 e. The van der Waals surface area contributed by atoms with Gasteiger partial charge in [0.1, 0.15) is 0 Å². The molecule has 2 nitrogen and oxygen atoms in total. The lowest BCUT2D eigenvalue weighted by atomic mass is 10.2. The summed E-state index contributed by atoms with van der Waals surface area (Å²) in [4.78, 5) is 0. The number of hydrogen-bond donors (Lipinski definition) is 2. The third-order valence-electron chi connectivity index (χ3n) is 1.30. The van der Waals surface area contributed by atoms with Crippen molar-refractivity contribution in [2.45, 2.75) is 19.5 Å². The molecule has 0 spiro atoms. The van der Waals surface area contributed by atoms with Gasteiger partial charge in [-0.05, 0) is 13.3 Å². The van der Waals surface area contributed by atoms with Crippen LogP contribution in [0.25, 0.3) is 0 Å². The first kappa shape index (κ1) is 5.63. The van der Waals surface area contributed by atoms with Gasteiger partial charge in [0.25, 0.3) is 0 Å². The Balaban J connectivity index is 2.34. The molecule has 0 aliphatic carbocycles. The van der Waals surface area contributed by atoms with E-state index in [0.29, 0.717) is 6.17 Å². The van der Waals surface area contributed by atoms with Gasteiger partial charge in [-0.3, -0.25) is 5.32 Å². The standard InChI is InChI=1S/C6H12N2/c1-5-3-4-7-6(2)8-5/h6-8H,1,3-4H2,2H3. The second-order valence-corrected chi connectivity index (χ2v) is 2.17. The summed E-state index contributed by atoms with van der Waals surface area (Å²) < 4.78 is 0. The zero-order valence-corrected chi connectivity index (χ0v) is 5.20. The van der Waals surface area contributed by atoms with E-state index < -0.39 is 0 Å². The summed E-state index contributed by atoms with van der Waals surface area (Å²) in [6.07, 6.45) is 1.47. The van der Waals surface area contributed by atoms with E-state index in [1.165, 1.54) is 0 Å². The van der Waals surface area contributed by atoms with Crippen LogP contribution in [0.1, 0.15) is 13.3 Å². The molecule has 0 saturated carbocycles. The van der Waals surface area contributed by atoms with Gasteiger partial charge in [-0.1, -0.05) is 6.58 Å². The van der Waals surface area contributed by atoms with Crippen LogP contribution < -0.4 is 10.6 Å². The van der Waals surface area contributed by atoms with E-state index in [0.717, 1.165) is 18.7 Å². The molecule has 0 aromatic carbocycles. The Labute approximate surface area is 50.0 Å². The SMILES string of the molecule is C=C1CCNC(C)N1. The zero-order valence-electron chi connectivity index (χ0n) is 5.20. The molecule has 0 aromatic heterocycles. The maximum absolute atomic E-state index is 3.81. The molecular formula is C6H12N2. The second-order valence-electron chi connectivity index (χ2n) is 2.17. The molecule has 8 heavy (non-hydrogen) atoms. The lowest BCUT2D eigenvalue weighted by Gasteiger charge is -2.23. The van der Waals surface area contributed by atoms with Crippen molar-refractivity contribution in [1.29, 1.82) is 0 Å². The predicted octanol–water partition coefficient (Wildman–Crippen LogP) is 0.429. The van der Waals surface area contributed by atoms with E-state index >= 15 is 0 Å². The van der Waals surface area contributed by atoms with Gasteiger partial charge in [-0.15, -0.1) is 0 Å². The lowest BCUT2D eigenvalue weighted by molar-refractivity contribution is 0.441. The summed E-state index contributed by atoms with van der Waals surface area (Å²) >= 11 is 0. The van der Waals surface area contributed by atoms with Gasteiger partial charge in [0, 0.05) is 12.2 Å². The summed E-state index contributed by atoms with van der Waals surface area (Å²) in [5.74, 6) is 0. The monoisotopic (exact) mass is 112 g/mol. The fourth-order valence-electron chi connectivity index (χ4n) is 0.869. The largest absolute Gasteiger partial charge is 0.374 e. The first-order valence-corrected chi connectivity index (χ1v) is 2.97. The zero-order chi connectivity index (χ0) is 5.98. The highest BCUT2D eigenvalue weighted by atomic mass is 15.1. The fraction of sp³-hybridized carbons (Fsp3) is 0.667. The second kappa shape index (κ2) is 2.18. The summed E-state index contributed by atoms with van der Waals surface area (Å²) in [7, 11) is 0. The van der Waals surface area contributed by atoms with Crippen LogP contribution >= 0.6 is 0 Å². The molecule has 0 bridgehead atoms. The van der Waals surface area contributed by atoms with Crippen molar-refractivity contribution in [3.63, 3.8) is 0 Å². The highest BCUT2D eigenvalue weighted by Gasteiger charge is 2.06. The molecule has 1 rings (SSSR count). The molecule has 1 aliphatic heterocycles. The summed E-state index contributed by atoms with van der Waals surface area (Å²) in [6.45, 7) is 6.96. The van der Waals surface area contributed by atoms with Crippen molar-refractivity contribution in [3.8, 4) is 0 Å². The average Bonchev–Trinajstić information content (AvgIpc) is 1.64. The van der Waals surface area contributed by atoms with Crippen LogP contribution in [0.15, 0.2) is 12.3 Å². The van der Waals surface area contributed by atoms with Crippen molar-refractivity contribution in [2.24, 2.45) is 0 Å². The van der Waals surface area contributed by atoms with E-state index in [1.54, 1.807) is 0 Å². The van der Waals surface area contributed by atoms with Crippen molar-refractivity contribution in [1.82, 2.24) is 10.6 Å². The van der Waals surface area contributed by atoms with Gasteiger partial charge >= 0.3 is 0 Å². The highest BCUT2D eigenvalue weighted by Crippen LogP contribution is 1.97. The van der Waals surface area contributed by atoms with Gasteiger partial charge in [0.2, 0.25) is 0 Å². The van der Waals surface area contributed by atoms with Crippen LogP contribution in [0.2, 0.25) is 0 Å². The van der Waals surface area contributed by atoms with Crippen LogP contribution in [-0.4, -0.2) is 12.7 Å². The van der Waals surface area contributed by atoms with E-state index in [2.05, 4.69) is 24.1 Å². The Morgan fingerprint density at radius 2 is 2.50 bits per heavy atom. The molecule has 2 N–H and O–H groups in total.